The number of carbonyl (C=O) groups is 11. The third kappa shape index (κ3) is 24.4. The average Bonchev–Trinajstić information content (AvgIpc) is 0.824. The van der Waals surface area contributed by atoms with Crippen LogP contribution >= 0.6 is 0 Å². The first-order chi connectivity index (χ1) is 47.3. The summed E-state index contributed by atoms with van der Waals surface area (Å²) in [5, 5.41) is 22.1. The molecule has 25 nitrogen and oxygen atoms in total. The number of carbonyl (C=O) groups excluding carboxylic acids is 11. The number of benzene rings is 2. The molecule has 2 aliphatic rings. The highest BCUT2D eigenvalue weighted by Crippen LogP contribution is 2.27. The van der Waals surface area contributed by atoms with Crippen LogP contribution in [0.5, 0.6) is 0 Å². The van der Waals surface area contributed by atoms with Crippen molar-refractivity contribution < 1.29 is 80.1 Å². The minimum Gasteiger partial charge on any atom is -0.391 e. The minimum atomic E-state index is -4.72. The SMILES string of the molecule is CC[C@H](C)[C@H]1C(=O)N[C@@H]([C@@H](C)O)C(=O)N(C)CC(=O)N(C)[C@@H](CC(C)C)C(=O)N[C@H](C(=O)N2CCCCC2)CC(=O)N(C)[C@@H](C)C(=O)N[C@@H](CC(C)C)C(=O)N(C)[C@@H](CC(C)C)N(C)[C@@H](Cc2ccccc2)C(=O)N[C@@H](COCC(F)(F)C(F)F)C(=O)N(C)[C@@H](Cc2ccccc2)C(=O)N1C. The van der Waals surface area contributed by atoms with E-state index in [9.17, 15) is 56.2 Å². The second kappa shape index (κ2) is 39.6. The second-order valence-electron chi connectivity index (χ2n) is 28.6. The van der Waals surface area contributed by atoms with Gasteiger partial charge in [0, 0.05) is 61.8 Å². The quantitative estimate of drug-likeness (QED) is 0.123. The Balaban J connectivity index is 2.02. The molecule has 2 fully saturated rings. The van der Waals surface area contributed by atoms with E-state index in [1.165, 1.54) is 61.0 Å². The smallest absolute Gasteiger partial charge is 0.330 e. The lowest BCUT2D eigenvalue weighted by atomic mass is 9.94. The molecular formula is C72H112F4N12O13. The van der Waals surface area contributed by atoms with Crippen molar-refractivity contribution in [2.75, 3.05) is 82.2 Å². The minimum absolute atomic E-state index is 0.0382. The molecule has 566 valence electrons. The summed E-state index contributed by atoms with van der Waals surface area (Å²) in [7, 11) is 9.42. The first-order valence-electron chi connectivity index (χ1n) is 35.0. The van der Waals surface area contributed by atoms with Crippen LogP contribution in [0.3, 0.4) is 0 Å². The van der Waals surface area contributed by atoms with Crippen molar-refractivity contribution in [3.8, 4) is 0 Å². The number of halogens is 4. The van der Waals surface area contributed by atoms with Crippen LogP contribution in [0.4, 0.5) is 17.6 Å². The molecule has 0 bridgehead atoms. The number of likely N-dealkylation sites (tertiary alicyclic amines) is 1. The zero-order valence-corrected chi connectivity index (χ0v) is 62.1. The Kier molecular flexibility index (Phi) is 33.6. The summed E-state index contributed by atoms with van der Waals surface area (Å²) >= 11 is 0. The van der Waals surface area contributed by atoms with Gasteiger partial charge in [0.15, 0.2) is 0 Å². The molecular weight excluding hydrogens is 1320 g/mol. The molecule has 101 heavy (non-hydrogen) atoms. The zero-order chi connectivity index (χ0) is 76.1. The molecule has 0 spiro atoms. The zero-order valence-electron chi connectivity index (χ0n) is 62.1. The van der Waals surface area contributed by atoms with Gasteiger partial charge in [0.1, 0.15) is 54.9 Å². The van der Waals surface area contributed by atoms with Crippen molar-refractivity contribution in [1.82, 2.24) is 60.5 Å². The molecule has 29 heteroatoms. The lowest BCUT2D eigenvalue weighted by molar-refractivity contribution is -0.169. The summed E-state index contributed by atoms with van der Waals surface area (Å²) in [5.74, 6) is -15.3. The number of alkyl halides is 4. The summed E-state index contributed by atoms with van der Waals surface area (Å²) < 4.78 is 62.1. The van der Waals surface area contributed by atoms with Crippen molar-refractivity contribution in [2.45, 2.75) is 212 Å². The second-order valence-corrected chi connectivity index (χ2v) is 28.6. The van der Waals surface area contributed by atoms with E-state index < -0.39 is 176 Å². The number of amides is 11. The topological polar surface area (TPSA) is 291 Å². The maximum atomic E-state index is 15.5. The van der Waals surface area contributed by atoms with E-state index in [1.54, 1.807) is 105 Å². The van der Waals surface area contributed by atoms with Gasteiger partial charge in [-0.2, -0.15) is 8.78 Å². The molecule has 0 aromatic heterocycles. The predicted octanol–water partition coefficient (Wildman–Crippen LogP) is 4.18. The number of likely N-dealkylation sites (N-methyl/N-ethyl adjacent to an activating group) is 7. The van der Waals surface area contributed by atoms with Crippen LogP contribution in [0.2, 0.25) is 0 Å². The molecule has 2 aromatic carbocycles. The van der Waals surface area contributed by atoms with Crippen molar-refractivity contribution in [3.05, 3.63) is 71.8 Å². The Labute approximate surface area is 593 Å². The summed E-state index contributed by atoms with van der Waals surface area (Å²) in [6.07, 6.45) is -5.17. The fourth-order valence-electron chi connectivity index (χ4n) is 12.6. The average molecular weight is 1430 g/mol. The van der Waals surface area contributed by atoms with Crippen LogP contribution in [0, 0.1) is 23.7 Å². The van der Waals surface area contributed by atoms with Crippen LogP contribution in [0.15, 0.2) is 60.7 Å². The van der Waals surface area contributed by atoms with Gasteiger partial charge < -0.3 is 65.4 Å². The van der Waals surface area contributed by atoms with Gasteiger partial charge in [0.05, 0.1) is 37.9 Å². The maximum absolute atomic E-state index is 15.5. The van der Waals surface area contributed by atoms with E-state index in [-0.39, 0.29) is 56.3 Å². The van der Waals surface area contributed by atoms with Crippen LogP contribution in [-0.4, -0.2) is 270 Å². The highest BCUT2D eigenvalue weighted by molar-refractivity contribution is 5.99. The Morgan fingerprint density at radius 1 is 0.574 bits per heavy atom. The number of hydrogen-bond donors (Lipinski definition) is 5. The summed E-state index contributed by atoms with van der Waals surface area (Å²) in [5.41, 5.74) is 1.06. The highest BCUT2D eigenvalue weighted by atomic mass is 19.3. The van der Waals surface area contributed by atoms with E-state index >= 15 is 19.2 Å². The maximum Gasteiger partial charge on any atom is 0.330 e. The molecule has 4 rings (SSSR count). The Hall–Kier alpha value is -7.79. The molecule has 2 aliphatic heterocycles. The standard InChI is InChI=1S/C72H112F4N12O13/c1-18-46(8)61-65(95)80-60(48(10)89)70(100)81(11)40-59(91)84(14)54(35-44(4)5)63(93)78-52(68(98)88-32-26-21-27-33-88)39-58(90)82(12)47(9)62(92)77-51(34-43(2)3)66(96)86(16)57(36-45(6)7)83(13)55(37-49-28-22-19-23-29-49)64(94)79-53(41-101-42-72(75,76)71(73)74)67(97)85(15)56(69(99)87(61)17)38-50-30-24-20-25-31-50/h19-20,22-25,28-31,43-48,51-57,60-61,71,89H,18,21,26-27,32-42H2,1-17H3,(H,77,92)(H,78,93)(H,79,94)(H,80,95)/t46-,47-,48+,51-,52-,53-,54-,55-,56-,57-,60-,61-/m0/s1. The number of aliphatic hydroxyl groups excluding tert-OH is 1. The van der Waals surface area contributed by atoms with Crippen molar-refractivity contribution >= 4 is 65.0 Å². The fourth-order valence-corrected chi connectivity index (χ4v) is 12.6. The number of rotatable bonds is 19. The van der Waals surface area contributed by atoms with E-state index in [0.29, 0.717) is 37.1 Å². The third-order valence-electron chi connectivity index (χ3n) is 19.1. The first kappa shape index (κ1) is 85.6. The number of piperidine rings is 1. The van der Waals surface area contributed by atoms with Crippen LogP contribution in [0.25, 0.3) is 0 Å². The van der Waals surface area contributed by atoms with Crippen LogP contribution < -0.4 is 21.3 Å². The monoisotopic (exact) mass is 1430 g/mol. The van der Waals surface area contributed by atoms with E-state index in [0.717, 1.165) is 30.9 Å². The molecule has 11 amide bonds. The molecule has 2 aromatic rings. The van der Waals surface area contributed by atoms with Gasteiger partial charge in [0.2, 0.25) is 65.0 Å². The van der Waals surface area contributed by atoms with E-state index in [4.69, 9.17) is 4.74 Å². The Bertz CT molecular complexity index is 3090. The molecule has 0 unspecified atom stereocenters. The van der Waals surface area contributed by atoms with Gasteiger partial charge in [-0.05, 0) is 101 Å². The predicted molar refractivity (Wildman–Crippen MR) is 372 cm³/mol. The summed E-state index contributed by atoms with van der Waals surface area (Å²) in [6.45, 7) is 13.9. The first-order valence-corrected chi connectivity index (χ1v) is 35.0. The number of ether oxygens (including phenoxy) is 1. The van der Waals surface area contributed by atoms with Gasteiger partial charge in [-0.15, -0.1) is 0 Å². The number of nitrogens with one attached hydrogen (secondary N) is 4. The number of aliphatic hydroxyl groups is 1. The largest absolute Gasteiger partial charge is 0.391 e. The molecule has 0 aliphatic carbocycles. The van der Waals surface area contributed by atoms with Crippen LogP contribution in [0.1, 0.15) is 132 Å². The lowest BCUT2D eigenvalue weighted by Gasteiger charge is -2.42. The highest BCUT2D eigenvalue weighted by Gasteiger charge is 2.46. The summed E-state index contributed by atoms with van der Waals surface area (Å²) in [6, 6.07) is 3.40. The van der Waals surface area contributed by atoms with Crippen molar-refractivity contribution in [1.29, 1.82) is 0 Å². The molecule has 2 saturated heterocycles. The van der Waals surface area contributed by atoms with Gasteiger partial charge in [-0.3, -0.25) is 57.6 Å². The number of nitrogens with zero attached hydrogens (tertiary/aromatic N) is 8. The normalized spacial score (nSPS) is 25.5. The summed E-state index contributed by atoms with van der Waals surface area (Å²) in [4.78, 5) is 174. The van der Waals surface area contributed by atoms with Gasteiger partial charge in [0.25, 0.3) is 0 Å². The van der Waals surface area contributed by atoms with Gasteiger partial charge in [-0.1, -0.05) is 122 Å². The fraction of sp³-hybridized carbons (Fsp3) is 0.681. The molecule has 2 heterocycles. The Morgan fingerprint density at radius 2 is 1.09 bits per heavy atom. The molecule has 5 N–H and O–H groups in total. The van der Waals surface area contributed by atoms with Gasteiger partial charge in [-0.25, -0.2) is 8.78 Å². The van der Waals surface area contributed by atoms with E-state index in [2.05, 4.69) is 21.3 Å². The van der Waals surface area contributed by atoms with Crippen molar-refractivity contribution in [3.63, 3.8) is 0 Å². The number of hydrogen-bond acceptors (Lipinski definition) is 14. The van der Waals surface area contributed by atoms with E-state index in [1.807, 2.05) is 27.7 Å². The third-order valence-corrected chi connectivity index (χ3v) is 19.1. The molecule has 0 saturated carbocycles. The molecule has 0 radical (unpaired) electrons. The van der Waals surface area contributed by atoms with Crippen LogP contribution in [-0.2, 0) is 70.3 Å². The van der Waals surface area contributed by atoms with Crippen molar-refractivity contribution in [2.24, 2.45) is 23.7 Å². The van der Waals surface area contributed by atoms with Gasteiger partial charge >= 0.3 is 12.3 Å². The Morgan fingerprint density at radius 3 is 1.60 bits per heavy atom. The molecule has 12 atom stereocenters. The lowest BCUT2D eigenvalue weighted by Crippen LogP contribution is -2.63.